The SMILES string of the molecule is O=C(O)Oc1ccc2[nH]c(-c3ccncc3)nc2c1. The van der Waals surface area contributed by atoms with Gasteiger partial charge in [0.2, 0.25) is 0 Å². The second kappa shape index (κ2) is 4.41. The number of hydrogen-bond donors (Lipinski definition) is 2. The molecule has 0 radical (unpaired) electrons. The van der Waals surface area contributed by atoms with Crippen molar-refractivity contribution in [2.75, 3.05) is 0 Å². The van der Waals surface area contributed by atoms with Gasteiger partial charge in [0.1, 0.15) is 11.6 Å². The number of nitrogens with one attached hydrogen (secondary N) is 1. The van der Waals surface area contributed by atoms with Gasteiger partial charge < -0.3 is 14.8 Å². The van der Waals surface area contributed by atoms with Crippen LogP contribution in [0.2, 0.25) is 0 Å². The smallest absolute Gasteiger partial charge is 0.449 e. The molecule has 1 aromatic carbocycles. The van der Waals surface area contributed by atoms with Gasteiger partial charge in [0.05, 0.1) is 11.0 Å². The molecule has 3 rings (SSSR count). The van der Waals surface area contributed by atoms with Crippen LogP contribution in [0.3, 0.4) is 0 Å². The van der Waals surface area contributed by atoms with Crippen molar-refractivity contribution in [3.8, 4) is 17.1 Å². The van der Waals surface area contributed by atoms with Crippen LogP contribution in [0.15, 0.2) is 42.7 Å². The number of H-pyrrole nitrogens is 1. The summed E-state index contributed by atoms with van der Waals surface area (Å²) in [5.41, 5.74) is 2.36. The Labute approximate surface area is 107 Å². The number of aromatic amines is 1. The van der Waals surface area contributed by atoms with E-state index in [1.54, 1.807) is 30.6 Å². The lowest BCUT2D eigenvalue weighted by atomic mass is 10.3. The van der Waals surface area contributed by atoms with Gasteiger partial charge in [-0.15, -0.1) is 0 Å². The maximum atomic E-state index is 10.5. The highest BCUT2D eigenvalue weighted by Gasteiger charge is 2.07. The average Bonchev–Trinajstić information content (AvgIpc) is 2.82. The van der Waals surface area contributed by atoms with Crippen LogP contribution < -0.4 is 4.74 Å². The predicted octanol–water partition coefficient (Wildman–Crippen LogP) is 2.68. The number of carbonyl (C=O) groups is 1. The third-order valence-electron chi connectivity index (χ3n) is 2.61. The van der Waals surface area contributed by atoms with Crippen LogP contribution in [0.25, 0.3) is 22.4 Å². The molecule has 0 atom stereocenters. The van der Waals surface area contributed by atoms with Crippen molar-refractivity contribution in [3.63, 3.8) is 0 Å². The maximum absolute atomic E-state index is 10.5. The van der Waals surface area contributed by atoms with E-state index in [2.05, 4.69) is 19.7 Å². The van der Waals surface area contributed by atoms with Crippen LogP contribution >= 0.6 is 0 Å². The standard InChI is InChI=1S/C13H9N3O3/c17-13(18)19-9-1-2-10-11(7-9)16-12(15-10)8-3-5-14-6-4-8/h1-7H,(H,15,16)(H,17,18). The Morgan fingerprint density at radius 3 is 2.74 bits per heavy atom. The lowest BCUT2D eigenvalue weighted by molar-refractivity contribution is 0.144. The van der Waals surface area contributed by atoms with E-state index in [1.807, 2.05) is 12.1 Å². The van der Waals surface area contributed by atoms with Crippen molar-refractivity contribution >= 4 is 17.2 Å². The van der Waals surface area contributed by atoms with Crippen LogP contribution in [-0.4, -0.2) is 26.2 Å². The molecule has 0 saturated carbocycles. The Kier molecular flexibility index (Phi) is 2.60. The lowest BCUT2D eigenvalue weighted by Crippen LogP contribution is -2.02. The fourth-order valence-corrected chi connectivity index (χ4v) is 1.80. The van der Waals surface area contributed by atoms with Crippen molar-refractivity contribution in [1.29, 1.82) is 0 Å². The highest BCUT2D eigenvalue weighted by Crippen LogP contribution is 2.23. The van der Waals surface area contributed by atoms with E-state index in [0.717, 1.165) is 11.1 Å². The van der Waals surface area contributed by atoms with Crippen molar-refractivity contribution < 1.29 is 14.6 Å². The van der Waals surface area contributed by atoms with Crippen LogP contribution in [0.5, 0.6) is 5.75 Å². The van der Waals surface area contributed by atoms with Crippen molar-refractivity contribution in [1.82, 2.24) is 15.0 Å². The second-order valence-corrected chi connectivity index (χ2v) is 3.87. The number of ether oxygens (including phenoxy) is 1. The first-order chi connectivity index (χ1) is 9.22. The number of nitrogens with zero attached hydrogens (tertiary/aromatic N) is 2. The Morgan fingerprint density at radius 2 is 2.00 bits per heavy atom. The highest BCUT2D eigenvalue weighted by molar-refractivity contribution is 5.81. The van der Waals surface area contributed by atoms with Gasteiger partial charge in [0.25, 0.3) is 0 Å². The predicted molar refractivity (Wildman–Crippen MR) is 68.0 cm³/mol. The van der Waals surface area contributed by atoms with Crippen LogP contribution in [0.4, 0.5) is 4.79 Å². The van der Waals surface area contributed by atoms with E-state index in [0.29, 0.717) is 11.3 Å². The molecule has 0 aliphatic carbocycles. The fourth-order valence-electron chi connectivity index (χ4n) is 1.80. The lowest BCUT2D eigenvalue weighted by Gasteiger charge is -1.97. The number of carboxylic acid groups (broad SMARTS) is 1. The van der Waals surface area contributed by atoms with Crippen LogP contribution in [-0.2, 0) is 0 Å². The number of imidazole rings is 1. The maximum Gasteiger partial charge on any atom is 0.511 e. The summed E-state index contributed by atoms with van der Waals surface area (Å²) in [4.78, 5) is 22.0. The van der Waals surface area contributed by atoms with Gasteiger partial charge in [0, 0.05) is 24.0 Å². The summed E-state index contributed by atoms with van der Waals surface area (Å²) in [5, 5.41) is 8.56. The first-order valence-electron chi connectivity index (χ1n) is 5.53. The summed E-state index contributed by atoms with van der Waals surface area (Å²) in [5.74, 6) is 0.942. The molecular weight excluding hydrogens is 246 g/mol. The molecule has 0 aliphatic heterocycles. The number of pyridine rings is 1. The molecule has 6 nitrogen and oxygen atoms in total. The zero-order valence-electron chi connectivity index (χ0n) is 9.70. The molecule has 6 heteroatoms. The Bertz CT molecular complexity index is 737. The molecule has 2 aromatic heterocycles. The Hall–Kier alpha value is -2.89. The van der Waals surface area contributed by atoms with Gasteiger partial charge in [-0.3, -0.25) is 4.98 Å². The number of rotatable bonds is 2. The minimum absolute atomic E-state index is 0.243. The normalized spacial score (nSPS) is 10.5. The fraction of sp³-hybridized carbons (Fsp3) is 0. The van der Waals surface area contributed by atoms with Gasteiger partial charge in [-0.1, -0.05) is 0 Å². The quantitative estimate of drug-likeness (QED) is 0.543. The van der Waals surface area contributed by atoms with E-state index in [1.165, 1.54) is 0 Å². The molecule has 94 valence electrons. The third kappa shape index (κ3) is 2.23. The number of benzene rings is 1. The molecule has 0 fully saturated rings. The van der Waals surface area contributed by atoms with Gasteiger partial charge in [-0.05, 0) is 24.3 Å². The topological polar surface area (TPSA) is 88.1 Å². The van der Waals surface area contributed by atoms with E-state index in [-0.39, 0.29) is 5.75 Å². The monoisotopic (exact) mass is 255 g/mol. The largest absolute Gasteiger partial charge is 0.511 e. The molecule has 0 saturated heterocycles. The van der Waals surface area contributed by atoms with Gasteiger partial charge in [0.15, 0.2) is 0 Å². The summed E-state index contributed by atoms with van der Waals surface area (Å²) in [6.45, 7) is 0. The van der Waals surface area contributed by atoms with E-state index >= 15 is 0 Å². The molecule has 2 N–H and O–H groups in total. The van der Waals surface area contributed by atoms with Crippen molar-refractivity contribution in [2.24, 2.45) is 0 Å². The van der Waals surface area contributed by atoms with E-state index < -0.39 is 6.16 Å². The number of hydrogen-bond acceptors (Lipinski definition) is 4. The molecule has 0 bridgehead atoms. The minimum Gasteiger partial charge on any atom is -0.449 e. The zero-order valence-corrected chi connectivity index (χ0v) is 9.70. The van der Waals surface area contributed by atoms with Crippen LogP contribution in [0, 0.1) is 0 Å². The number of fused-ring (bicyclic) bond motifs is 1. The van der Waals surface area contributed by atoms with Crippen molar-refractivity contribution in [3.05, 3.63) is 42.7 Å². The van der Waals surface area contributed by atoms with Gasteiger partial charge >= 0.3 is 6.16 Å². The summed E-state index contributed by atoms with van der Waals surface area (Å²) < 4.78 is 4.59. The van der Waals surface area contributed by atoms with E-state index in [9.17, 15) is 4.79 Å². The molecule has 0 amide bonds. The third-order valence-corrected chi connectivity index (χ3v) is 2.61. The van der Waals surface area contributed by atoms with E-state index in [4.69, 9.17) is 5.11 Å². The number of aromatic nitrogens is 3. The van der Waals surface area contributed by atoms with Gasteiger partial charge in [-0.2, -0.15) is 0 Å². The Morgan fingerprint density at radius 1 is 1.21 bits per heavy atom. The van der Waals surface area contributed by atoms with Crippen LogP contribution in [0.1, 0.15) is 0 Å². The van der Waals surface area contributed by atoms with Gasteiger partial charge in [-0.25, -0.2) is 9.78 Å². The molecular formula is C13H9N3O3. The zero-order chi connectivity index (χ0) is 13.2. The molecule has 0 unspecified atom stereocenters. The second-order valence-electron chi connectivity index (χ2n) is 3.87. The minimum atomic E-state index is -1.34. The molecule has 19 heavy (non-hydrogen) atoms. The highest BCUT2D eigenvalue weighted by atomic mass is 16.7. The Balaban J connectivity index is 2.04. The molecule has 0 spiro atoms. The molecule has 3 aromatic rings. The van der Waals surface area contributed by atoms with Crippen molar-refractivity contribution in [2.45, 2.75) is 0 Å². The molecule has 0 aliphatic rings. The first-order valence-corrected chi connectivity index (χ1v) is 5.53. The average molecular weight is 255 g/mol. The summed E-state index contributed by atoms with van der Waals surface area (Å²) in [6, 6.07) is 8.56. The summed E-state index contributed by atoms with van der Waals surface area (Å²) >= 11 is 0. The summed E-state index contributed by atoms with van der Waals surface area (Å²) in [6.07, 6.45) is 2.02. The molecule has 2 heterocycles. The first kappa shape index (κ1) is 11.2. The summed E-state index contributed by atoms with van der Waals surface area (Å²) in [7, 11) is 0.